The number of methoxy groups -OCH3 is 3. The Kier molecular flexibility index (Phi) is 7.23. The van der Waals surface area contributed by atoms with Crippen molar-refractivity contribution < 1.29 is 33.6 Å². The number of nitrogens with one attached hydrogen (secondary N) is 3. The van der Waals surface area contributed by atoms with E-state index in [0.717, 1.165) is 44.2 Å². The van der Waals surface area contributed by atoms with Crippen molar-refractivity contribution in [2.75, 3.05) is 47.5 Å². The van der Waals surface area contributed by atoms with Crippen LogP contribution in [-0.4, -0.2) is 65.6 Å². The highest BCUT2D eigenvalue weighted by molar-refractivity contribution is 5.93. The normalized spacial score (nSPS) is 20.8. The van der Waals surface area contributed by atoms with E-state index in [0.29, 0.717) is 0 Å². The lowest BCUT2D eigenvalue weighted by Crippen LogP contribution is -3.29. The van der Waals surface area contributed by atoms with Gasteiger partial charge >= 0.3 is 6.09 Å². The zero-order valence-electron chi connectivity index (χ0n) is 15.9. The summed E-state index contributed by atoms with van der Waals surface area (Å²) in [5.74, 6) is 1.17. The highest BCUT2D eigenvalue weighted by Crippen LogP contribution is 2.27. The van der Waals surface area contributed by atoms with Crippen molar-refractivity contribution in [3.63, 3.8) is 0 Å². The van der Waals surface area contributed by atoms with Crippen LogP contribution in [0.2, 0.25) is 0 Å². The number of ether oxygens (including phenoxy) is 3. The van der Waals surface area contributed by atoms with Crippen LogP contribution >= 0.6 is 0 Å². The molecule has 0 unspecified atom stereocenters. The van der Waals surface area contributed by atoms with Gasteiger partial charge in [0.05, 0.1) is 21.3 Å². The number of rotatable bonds is 6. The van der Waals surface area contributed by atoms with Gasteiger partial charge in [0, 0.05) is 5.56 Å². The van der Waals surface area contributed by atoms with E-state index < -0.39 is 6.09 Å². The molecule has 144 valence electrons. The number of hydrogen-bond acceptors (Lipinski definition) is 5. The zero-order valence-corrected chi connectivity index (χ0v) is 15.9. The number of carbonyl (C=O) groups is 2. The average Bonchev–Trinajstić information content (AvgIpc) is 2.67. The molecule has 0 aliphatic carbocycles. The summed E-state index contributed by atoms with van der Waals surface area (Å²) in [5.41, 5.74) is 1.19. The van der Waals surface area contributed by atoms with Crippen LogP contribution in [0, 0.1) is 0 Å². The van der Waals surface area contributed by atoms with Crippen molar-refractivity contribution in [3.8, 4) is 11.5 Å². The quantitative estimate of drug-likeness (QED) is 0.556. The second-order valence-corrected chi connectivity index (χ2v) is 6.48. The van der Waals surface area contributed by atoms with Crippen LogP contribution in [0.4, 0.5) is 4.79 Å². The van der Waals surface area contributed by atoms with Crippen molar-refractivity contribution in [2.45, 2.75) is 19.5 Å². The van der Waals surface area contributed by atoms with Crippen LogP contribution in [0.1, 0.15) is 12.5 Å². The molecule has 1 saturated heterocycles. The first-order valence-electron chi connectivity index (χ1n) is 8.76. The number of benzene rings is 1. The predicted molar refractivity (Wildman–Crippen MR) is 94.7 cm³/mol. The smallest absolute Gasteiger partial charge is 0.413 e. The molecule has 26 heavy (non-hydrogen) atoms. The van der Waals surface area contributed by atoms with Crippen molar-refractivity contribution in [3.05, 3.63) is 23.8 Å². The second kappa shape index (κ2) is 9.40. The Morgan fingerprint density at radius 1 is 1.08 bits per heavy atom. The summed E-state index contributed by atoms with van der Waals surface area (Å²) in [7, 11) is 4.51. The molecule has 0 saturated carbocycles. The summed E-state index contributed by atoms with van der Waals surface area (Å²) in [6, 6.07) is 5.71. The zero-order chi connectivity index (χ0) is 19.1. The Labute approximate surface area is 154 Å². The third-order valence-corrected chi connectivity index (χ3v) is 4.92. The molecular weight excluding hydrogens is 338 g/mol. The first-order valence-corrected chi connectivity index (χ1v) is 8.76. The first-order chi connectivity index (χ1) is 12.5. The van der Waals surface area contributed by atoms with Crippen LogP contribution in [0.15, 0.2) is 18.2 Å². The molecule has 1 atom stereocenters. The van der Waals surface area contributed by atoms with Crippen LogP contribution in [0.3, 0.4) is 0 Å². The molecule has 1 heterocycles. The Morgan fingerprint density at radius 3 is 2.31 bits per heavy atom. The van der Waals surface area contributed by atoms with Crippen molar-refractivity contribution in [1.29, 1.82) is 0 Å². The summed E-state index contributed by atoms with van der Waals surface area (Å²) in [4.78, 5) is 25.9. The van der Waals surface area contributed by atoms with Crippen LogP contribution in [0.5, 0.6) is 11.5 Å². The molecular formula is C18H29N3O5+2. The molecule has 1 aliphatic rings. The number of imide groups is 1. The first kappa shape index (κ1) is 20.0. The van der Waals surface area contributed by atoms with Gasteiger partial charge in [-0.2, -0.15) is 0 Å². The predicted octanol–water partition coefficient (Wildman–Crippen LogP) is -1.74. The average molecular weight is 367 g/mol. The number of piperazine rings is 1. The minimum Gasteiger partial charge on any atom is -0.493 e. The second-order valence-electron chi connectivity index (χ2n) is 6.48. The molecule has 3 N–H and O–H groups in total. The van der Waals surface area contributed by atoms with E-state index in [-0.39, 0.29) is 11.9 Å². The molecule has 2 rings (SSSR count). The van der Waals surface area contributed by atoms with E-state index in [2.05, 4.69) is 16.1 Å². The third kappa shape index (κ3) is 5.09. The largest absolute Gasteiger partial charge is 0.493 e. The summed E-state index contributed by atoms with van der Waals surface area (Å²) in [5, 5.41) is 2.25. The van der Waals surface area contributed by atoms with Crippen molar-refractivity contribution >= 4 is 12.0 Å². The fourth-order valence-electron chi connectivity index (χ4n) is 3.26. The highest BCUT2D eigenvalue weighted by Gasteiger charge is 2.32. The molecule has 1 fully saturated rings. The Bertz CT molecular complexity index is 629. The summed E-state index contributed by atoms with van der Waals surface area (Å²) >= 11 is 0. The molecule has 0 bridgehead atoms. The number of alkyl carbamates (subject to hydrolysis) is 1. The maximum absolute atomic E-state index is 12.0. The monoisotopic (exact) mass is 367 g/mol. The van der Waals surface area contributed by atoms with Crippen LogP contribution < -0.4 is 24.6 Å². The van der Waals surface area contributed by atoms with Gasteiger partial charge in [0.1, 0.15) is 32.7 Å². The molecule has 0 spiro atoms. The van der Waals surface area contributed by atoms with Gasteiger partial charge in [0.25, 0.3) is 5.91 Å². The summed E-state index contributed by atoms with van der Waals surface area (Å²) < 4.78 is 15.1. The van der Waals surface area contributed by atoms with Crippen molar-refractivity contribution in [2.24, 2.45) is 0 Å². The van der Waals surface area contributed by atoms with E-state index in [1.54, 1.807) is 14.2 Å². The number of hydrogen-bond donors (Lipinski definition) is 3. The fourth-order valence-corrected chi connectivity index (χ4v) is 3.26. The van der Waals surface area contributed by atoms with Gasteiger partial charge in [0.15, 0.2) is 17.5 Å². The van der Waals surface area contributed by atoms with E-state index >= 15 is 0 Å². The van der Waals surface area contributed by atoms with Gasteiger partial charge in [-0.25, -0.2) is 4.79 Å². The fraction of sp³-hybridized carbons (Fsp3) is 0.556. The molecule has 1 aliphatic heterocycles. The number of quaternary nitrogens is 2. The van der Waals surface area contributed by atoms with E-state index in [9.17, 15) is 9.59 Å². The maximum atomic E-state index is 12.0. The SMILES string of the molecule is COC(=O)NC(=O)[C@H](C)[NH+]1CC[NH+](Cc2ccc(OC)c(OC)c2)CC1. The Morgan fingerprint density at radius 2 is 1.73 bits per heavy atom. The molecule has 0 aromatic heterocycles. The standard InChI is InChI=1S/C18H27N3O5/c1-13(17(22)19-18(23)26-4)21-9-7-20(8-10-21)12-14-5-6-15(24-2)16(11-14)25-3/h5-6,11,13H,7-10,12H2,1-4H3,(H,19,22,23)/p+2/t13-/m0/s1. The van der Waals surface area contributed by atoms with E-state index in [1.165, 1.54) is 22.5 Å². The molecule has 8 heteroatoms. The molecule has 8 nitrogen and oxygen atoms in total. The highest BCUT2D eigenvalue weighted by atomic mass is 16.5. The van der Waals surface area contributed by atoms with Crippen molar-refractivity contribution in [1.82, 2.24) is 5.32 Å². The topological polar surface area (TPSA) is 82.7 Å². The van der Waals surface area contributed by atoms with Gasteiger partial charge in [-0.15, -0.1) is 0 Å². The number of carbonyl (C=O) groups excluding carboxylic acids is 2. The minimum absolute atomic E-state index is 0.281. The molecule has 0 radical (unpaired) electrons. The van der Waals surface area contributed by atoms with Crippen LogP contribution in [-0.2, 0) is 16.1 Å². The Balaban J connectivity index is 1.86. The lowest BCUT2D eigenvalue weighted by Gasteiger charge is -2.32. The maximum Gasteiger partial charge on any atom is 0.413 e. The molecule has 2 amide bonds. The van der Waals surface area contributed by atoms with Gasteiger partial charge in [-0.3, -0.25) is 10.1 Å². The van der Waals surface area contributed by atoms with Gasteiger partial charge in [-0.05, 0) is 25.1 Å². The van der Waals surface area contributed by atoms with Gasteiger partial charge < -0.3 is 24.0 Å². The van der Waals surface area contributed by atoms with E-state index in [1.807, 2.05) is 19.1 Å². The molecule has 1 aromatic rings. The lowest BCUT2D eigenvalue weighted by molar-refractivity contribution is -1.02. The van der Waals surface area contributed by atoms with Gasteiger partial charge in [-0.1, -0.05) is 0 Å². The van der Waals surface area contributed by atoms with Gasteiger partial charge in [0.2, 0.25) is 0 Å². The summed E-state index contributed by atoms with van der Waals surface area (Å²) in [6.07, 6.45) is -0.709. The number of amides is 2. The van der Waals surface area contributed by atoms with E-state index in [4.69, 9.17) is 9.47 Å². The third-order valence-electron chi connectivity index (χ3n) is 4.92. The van der Waals surface area contributed by atoms with Crippen LogP contribution in [0.25, 0.3) is 0 Å². The molecule has 1 aromatic carbocycles. The lowest BCUT2D eigenvalue weighted by atomic mass is 10.1. The summed E-state index contributed by atoms with van der Waals surface area (Å²) in [6.45, 7) is 6.40. The minimum atomic E-state index is -0.709. The Hall–Kier alpha value is -2.32.